The average molecular weight is 655 g/mol. The highest BCUT2D eigenvalue weighted by Crippen LogP contribution is 2.35. The van der Waals surface area contributed by atoms with Gasteiger partial charge >= 0.3 is 0 Å². The summed E-state index contributed by atoms with van der Waals surface area (Å²) in [6.45, 7) is 0. The van der Waals surface area contributed by atoms with E-state index in [4.69, 9.17) is 0 Å². The topological polar surface area (TPSA) is 57.4 Å². The Labute approximate surface area is 296 Å². The maximum absolute atomic E-state index is 4.63. The lowest BCUT2D eigenvalue weighted by Crippen LogP contribution is -1.77. The maximum atomic E-state index is 4.63. The quantitative estimate of drug-likeness (QED) is 0.160. The van der Waals surface area contributed by atoms with Gasteiger partial charge in [0.15, 0.2) is 0 Å². The van der Waals surface area contributed by atoms with Crippen molar-refractivity contribution in [3.8, 4) is 11.1 Å². The Morgan fingerprint density at radius 3 is 1.00 bits per heavy atom. The number of rotatable bonds is 0. The van der Waals surface area contributed by atoms with Crippen molar-refractivity contribution < 1.29 is 0 Å². The van der Waals surface area contributed by atoms with Crippen molar-refractivity contribution in [3.63, 3.8) is 0 Å². The van der Waals surface area contributed by atoms with Gasteiger partial charge in [0, 0.05) is 22.1 Å². The summed E-state index contributed by atoms with van der Waals surface area (Å²) in [6, 6.07) is 55.1. The highest BCUT2D eigenvalue weighted by Gasteiger charge is 2.15. The van der Waals surface area contributed by atoms with Crippen LogP contribution in [0, 0.1) is 0 Å². The van der Waals surface area contributed by atoms with E-state index in [-0.39, 0.29) is 0 Å². The highest BCUT2D eigenvalue weighted by atomic mass is 14.8. The zero-order valence-electron chi connectivity index (χ0n) is 27.9. The molecular weight excluding hydrogens is 621 g/mol. The van der Waals surface area contributed by atoms with Gasteiger partial charge < -0.3 is 9.97 Å². The number of benzene rings is 5. The zero-order valence-corrected chi connectivity index (χ0v) is 27.9. The molecule has 0 saturated carbocycles. The van der Waals surface area contributed by atoms with Crippen LogP contribution < -0.4 is 0 Å². The molecule has 0 spiro atoms. The molecule has 11 rings (SSSR count). The molecule has 3 aromatic heterocycles. The lowest BCUT2D eigenvalue weighted by molar-refractivity contribution is 1.26. The van der Waals surface area contributed by atoms with E-state index in [1.165, 1.54) is 43.8 Å². The molecule has 3 aliphatic rings. The summed E-state index contributed by atoms with van der Waals surface area (Å²) >= 11 is 0. The minimum absolute atomic E-state index is 0.939. The molecule has 0 saturated heterocycles. The molecule has 4 heteroatoms. The van der Waals surface area contributed by atoms with Crippen LogP contribution in [0.15, 0.2) is 158 Å². The van der Waals surface area contributed by atoms with Crippen LogP contribution in [0.25, 0.3) is 79.0 Å². The lowest BCUT2D eigenvalue weighted by atomic mass is 10.0. The standard InChI is InChI=1S/C20H14N4.C14H10.C13H10/c1-2-14-10-16-5-6-18(23-16)12-20-8-7-19(24-20)11-17-4-3-15(22-17)9-13(1)21-14;1-2-6-12-10-14-8-4-3-7-13(14)9-11(12)5-1;1-3-7-12-10(5-1)9-11-6-2-4-8-13(11)12/h1-12,21,24H;1-10H;1-8H,9H2. The molecule has 2 N–H and O–H groups in total. The molecule has 51 heavy (non-hydrogen) atoms. The monoisotopic (exact) mass is 654 g/mol. The first kappa shape index (κ1) is 30.3. The van der Waals surface area contributed by atoms with Gasteiger partial charge in [-0.2, -0.15) is 0 Å². The first-order valence-corrected chi connectivity index (χ1v) is 17.3. The van der Waals surface area contributed by atoms with Crippen molar-refractivity contribution in [3.05, 3.63) is 192 Å². The summed E-state index contributed by atoms with van der Waals surface area (Å²) in [5.74, 6) is 0. The van der Waals surface area contributed by atoms with E-state index in [0.29, 0.717) is 0 Å². The molecule has 0 atom stereocenters. The molecular formula is C47H34N4. The molecule has 2 aliphatic heterocycles. The van der Waals surface area contributed by atoms with Gasteiger partial charge in [-0.1, -0.05) is 97.1 Å². The molecule has 0 unspecified atom stereocenters. The fourth-order valence-corrected chi connectivity index (χ4v) is 6.91. The van der Waals surface area contributed by atoms with E-state index < -0.39 is 0 Å². The summed E-state index contributed by atoms with van der Waals surface area (Å²) in [6.07, 6.45) is 9.19. The Kier molecular flexibility index (Phi) is 7.88. The molecule has 5 heterocycles. The van der Waals surface area contributed by atoms with Crippen molar-refractivity contribution in [1.82, 2.24) is 19.9 Å². The Bertz CT molecular complexity index is 2470. The third-order valence-electron chi connectivity index (χ3n) is 9.36. The summed E-state index contributed by atoms with van der Waals surface area (Å²) < 4.78 is 0. The molecule has 5 aromatic carbocycles. The van der Waals surface area contributed by atoms with Gasteiger partial charge in [0.2, 0.25) is 0 Å². The fourth-order valence-electron chi connectivity index (χ4n) is 6.91. The Morgan fingerprint density at radius 2 is 0.647 bits per heavy atom. The second-order valence-corrected chi connectivity index (χ2v) is 12.9. The van der Waals surface area contributed by atoms with Gasteiger partial charge in [0.1, 0.15) is 0 Å². The Morgan fingerprint density at radius 1 is 0.333 bits per heavy atom. The molecule has 0 radical (unpaired) electrons. The number of nitrogens with one attached hydrogen (secondary N) is 2. The van der Waals surface area contributed by atoms with Gasteiger partial charge in [0.25, 0.3) is 0 Å². The lowest BCUT2D eigenvalue weighted by Gasteiger charge is -2.00. The second kappa shape index (κ2) is 13.3. The summed E-state index contributed by atoms with van der Waals surface area (Å²) in [4.78, 5) is 16.0. The SMILES string of the molecule is C1=Cc2cc3ccc(cc4nc(cc5ccc(cc1n2)[nH]5)C=C4)[nH]3.c1ccc2c(c1)Cc1ccccc1-2.c1ccc2cc3ccccc3cc2c1. The largest absolute Gasteiger partial charge is 0.355 e. The molecule has 1 aliphatic carbocycles. The fraction of sp³-hybridized carbons (Fsp3) is 0.0213. The van der Waals surface area contributed by atoms with Gasteiger partial charge in [-0.3, -0.25) is 0 Å². The average Bonchev–Trinajstić information content (AvgIpc) is 4.02. The van der Waals surface area contributed by atoms with Crippen molar-refractivity contribution in [2.24, 2.45) is 0 Å². The molecule has 4 nitrogen and oxygen atoms in total. The van der Waals surface area contributed by atoms with E-state index in [1.807, 2.05) is 48.6 Å². The number of fused-ring (bicyclic) bond motifs is 13. The van der Waals surface area contributed by atoms with E-state index in [2.05, 4.69) is 153 Å². The van der Waals surface area contributed by atoms with Crippen LogP contribution in [0.5, 0.6) is 0 Å². The van der Waals surface area contributed by atoms with Crippen LogP contribution in [0.1, 0.15) is 33.9 Å². The van der Waals surface area contributed by atoms with Crippen LogP contribution >= 0.6 is 0 Å². The van der Waals surface area contributed by atoms with Crippen LogP contribution in [-0.2, 0) is 6.42 Å². The molecule has 0 fully saturated rings. The third kappa shape index (κ3) is 6.63. The van der Waals surface area contributed by atoms with E-state index >= 15 is 0 Å². The molecule has 0 amide bonds. The predicted octanol–water partition coefficient (Wildman–Crippen LogP) is 11.9. The number of hydrogen-bond donors (Lipinski definition) is 2. The highest BCUT2D eigenvalue weighted by molar-refractivity contribution is 5.98. The zero-order chi connectivity index (χ0) is 34.0. The van der Waals surface area contributed by atoms with Crippen LogP contribution in [0.2, 0.25) is 0 Å². The van der Waals surface area contributed by atoms with E-state index in [0.717, 1.165) is 51.3 Å². The van der Waals surface area contributed by atoms with Gasteiger partial charge in [0.05, 0.1) is 22.8 Å². The predicted molar refractivity (Wildman–Crippen MR) is 215 cm³/mol. The summed E-state index contributed by atoms with van der Waals surface area (Å²) in [7, 11) is 0. The summed E-state index contributed by atoms with van der Waals surface area (Å²) in [5, 5.41) is 5.25. The Hall–Kier alpha value is -6.78. The number of nitrogens with zero attached hydrogens (tertiary/aromatic N) is 2. The van der Waals surface area contributed by atoms with Gasteiger partial charge in [-0.25, -0.2) is 9.97 Å². The van der Waals surface area contributed by atoms with E-state index in [9.17, 15) is 0 Å². The first-order valence-electron chi connectivity index (χ1n) is 17.3. The minimum atomic E-state index is 0.939. The van der Waals surface area contributed by atoms with Crippen LogP contribution in [0.4, 0.5) is 0 Å². The number of H-pyrrole nitrogens is 2. The number of aromatic amines is 2. The summed E-state index contributed by atoms with van der Waals surface area (Å²) in [5.41, 5.74) is 13.6. The first-order chi connectivity index (χ1) is 25.2. The van der Waals surface area contributed by atoms with Crippen molar-refractivity contribution >= 4 is 67.9 Å². The van der Waals surface area contributed by atoms with Crippen LogP contribution in [0.3, 0.4) is 0 Å². The normalized spacial score (nSPS) is 12.1. The van der Waals surface area contributed by atoms with E-state index in [1.54, 1.807) is 0 Å². The second-order valence-electron chi connectivity index (χ2n) is 12.9. The van der Waals surface area contributed by atoms with Crippen molar-refractivity contribution in [1.29, 1.82) is 0 Å². The number of aromatic nitrogens is 4. The van der Waals surface area contributed by atoms with Crippen molar-refractivity contribution in [2.45, 2.75) is 6.42 Å². The maximum Gasteiger partial charge on any atom is 0.0658 e. The van der Waals surface area contributed by atoms with Gasteiger partial charge in [-0.15, -0.1) is 0 Å². The Balaban J connectivity index is 0.000000110. The molecule has 8 aromatic rings. The number of hydrogen-bond acceptors (Lipinski definition) is 2. The molecule has 242 valence electrons. The van der Waals surface area contributed by atoms with Crippen molar-refractivity contribution in [2.75, 3.05) is 0 Å². The molecule has 8 bridgehead atoms. The third-order valence-corrected chi connectivity index (χ3v) is 9.36. The smallest absolute Gasteiger partial charge is 0.0658 e. The minimum Gasteiger partial charge on any atom is -0.355 e. The van der Waals surface area contributed by atoms with Crippen LogP contribution in [-0.4, -0.2) is 19.9 Å². The van der Waals surface area contributed by atoms with Gasteiger partial charge in [-0.05, 0) is 135 Å².